The van der Waals surface area contributed by atoms with Gasteiger partial charge < -0.3 is 9.47 Å². The molecule has 4 heterocycles. The zero-order valence-electron chi connectivity index (χ0n) is 22.8. The van der Waals surface area contributed by atoms with Gasteiger partial charge in [-0.1, -0.05) is 42.5 Å². The van der Waals surface area contributed by atoms with Crippen LogP contribution in [-0.2, 0) is 16.1 Å². The number of carbonyl (C=O) groups is 2. The predicted molar refractivity (Wildman–Crippen MR) is 161 cm³/mol. The van der Waals surface area contributed by atoms with Gasteiger partial charge in [0.05, 0.1) is 27.7 Å². The highest BCUT2D eigenvalue weighted by Gasteiger charge is 2.36. The fraction of sp³-hybridized carbons (Fsp3) is 0.152. The Morgan fingerprint density at radius 2 is 1.59 bits per heavy atom. The van der Waals surface area contributed by atoms with E-state index in [4.69, 9.17) is 5.10 Å². The Balaban J connectivity index is 1.43. The first-order valence-electron chi connectivity index (χ1n) is 13.7. The van der Waals surface area contributed by atoms with E-state index in [1.54, 1.807) is 6.20 Å². The van der Waals surface area contributed by atoms with E-state index in [-0.39, 0.29) is 0 Å². The molecule has 0 fully saturated rings. The maximum Gasteiger partial charge on any atom is 0.261 e. The number of benzene rings is 3. The first kappa shape index (κ1) is 24.9. The van der Waals surface area contributed by atoms with Crippen molar-refractivity contribution in [1.29, 1.82) is 0 Å². The highest BCUT2D eigenvalue weighted by molar-refractivity contribution is 6.50. The highest BCUT2D eigenvalue weighted by Crippen LogP contribution is 2.38. The van der Waals surface area contributed by atoms with E-state index in [9.17, 15) is 9.59 Å². The number of nitrogens with one attached hydrogen (secondary N) is 1. The molecule has 0 saturated carbocycles. The maximum absolute atomic E-state index is 13.5. The Kier molecular flexibility index (Phi) is 5.98. The highest BCUT2D eigenvalue weighted by atomic mass is 16.2. The lowest BCUT2D eigenvalue weighted by Gasteiger charge is -2.09. The van der Waals surface area contributed by atoms with Crippen LogP contribution in [0.5, 0.6) is 0 Å². The van der Waals surface area contributed by atoms with Gasteiger partial charge in [-0.25, -0.2) is 0 Å². The number of fused-ring (bicyclic) bond motifs is 3. The molecular weight excluding hydrogens is 512 g/mol. The van der Waals surface area contributed by atoms with E-state index in [0.29, 0.717) is 28.9 Å². The molecular formula is C33H28N6O2. The van der Waals surface area contributed by atoms with Crippen molar-refractivity contribution in [1.82, 2.24) is 29.5 Å². The summed E-state index contributed by atoms with van der Waals surface area (Å²) >= 11 is 0. The van der Waals surface area contributed by atoms with Crippen LogP contribution >= 0.6 is 0 Å². The Morgan fingerprint density at radius 3 is 2.41 bits per heavy atom. The molecule has 0 radical (unpaired) electrons. The van der Waals surface area contributed by atoms with E-state index in [2.05, 4.69) is 25.8 Å². The smallest absolute Gasteiger partial charge is 0.261 e. The quantitative estimate of drug-likeness (QED) is 0.287. The molecule has 2 amide bonds. The summed E-state index contributed by atoms with van der Waals surface area (Å²) in [5, 5.41) is 10.2. The van der Waals surface area contributed by atoms with E-state index in [1.807, 2.05) is 97.8 Å². The van der Waals surface area contributed by atoms with Gasteiger partial charge in [-0.15, -0.1) is 0 Å². The number of amides is 2. The van der Waals surface area contributed by atoms with Gasteiger partial charge >= 0.3 is 0 Å². The van der Waals surface area contributed by atoms with Crippen LogP contribution in [0.25, 0.3) is 49.5 Å². The van der Waals surface area contributed by atoms with E-state index >= 15 is 0 Å². The number of carbonyl (C=O) groups excluding carboxylic acids is 2. The number of hydrogen-bond acceptors (Lipinski definition) is 5. The van der Waals surface area contributed by atoms with Crippen molar-refractivity contribution in [2.24, 2.45) is 0 Å². The van der Waals surface area contributed by atoms with Crippen molar-refractivity contribution >= 4 is 55.7 Å². The number of aromatic nitrogens is 4. The number of aryl methyl sites for hydroxylation is 1. The summed E-state index contributed by atoms with van der Waals surface area (Å²) < 4.78 is 4.01. The summed E-state index contributed by atoms with van der Waals surface area (Å²) in [7, 11) is 4.09. The Morgan fingerprint density at radius 1 is 0.829 bits per heavy atom. The lowest BCUT2D eigenvalue weighted by Crippen LogP contribution is -2.22. The van der Waals surface area contributed by atoms with Crippen molar-refractivity contribution in [3.63, 3.8) is 0 Å². The van der Waals surface area contributed by atoms with Crippen LogP contribution in [0.4, 0.5) is 0 Å². The molecule has 0 saturated heterocycles. The minimum atomic E-state index is -0.428. The van der Waals surface area contributed by atoms with Crippen molar-refractivity contribution in [2.75, 3.05) is 20.6 Å². The number of para-hydroxylation sites is 2. The normalized spacial score (nSPS) is 13.8. The average Bonchev–Trinajstić information content (AvgIpc) is 3.63. The van der Waals surface area contributed by atoms with Gasteiger partial charge in [0.15, 0.2) is 0 Å². The molecule has 3 aromatic carbocycles. The topological polar surface area (TPSA) is 85.1 Å². The molecule has 1 aliphatic rings. The lowest BCUT2D eigenvalue weighted by atomic mass is 9.97. The first-order chi connectivity index (χ1) is 20.0. The van der Waals surface area contributed by atoms with Crippen LogP contribution in [0, 0.1) is 0 Å². The molecule has 7 rings (SSSR count). The molecule has 0 unspecified atom stereocenters. The van der Waals surface area contributed by atoms with Gasteiger partial charge in [0, 0.05) is 46.3 Å². The SMILES string of the molecule is CN(C)CCCn1nc(C2=C(c3cn(-c4ccc5ncccc5c4)c4ccccc34)C(=O)NC2=O)c2ccccc21. The largest absolute Gasteiger partial charge is 0.316 e. The van der Waals surface area contributed by atoms with Gasteiger partial charge in [-0.05, 0) is 63.5 Å². The molecule has 8 nitrogen and oxygen atoms in total. The molecule has 0 bridgehead atoms. The van der Waals surface area contributed by atoms with Crippen molar-refractivity contribution in [3.05, 3.63) is 103 Å². The van der Waals surface area contributed by atoms with Crippen molar-refractivity contribution in [2.45, 2.75) is 13.0 Å². The fourth-order valence-corrected chi connectivity index (χ4v) is 5.76. The fourth-order valence-electron chi connectivity index (χ4n) is 5.76. The third kappa shape index (κ3) is 4.20. The maximum atomic E-state index is 13.5. The standard InChI is InChI=1S/C33H28N6O2/c1-37(2)17-8-18-39-28-13-6-4-11-24(28)31(36-39)30-29(32(40)35-33(30)41)25-20-38(27-12-5-3-10-23(25)27)22-14-15-26-21(19-22)9-7-16-34-26/h3-7,9-16,19-20H,8,17-18H2,1-2H3,(H,35,40,41). The number of hydrogen-bond donors (Lipinski definition) is 1. The monoisotopic (exact) mass is 540 g/mol. The third-order valence-electron chi connectivity index (χ3n) is 7.65. The second-order valence-corrected chi connectivity index (χ2v) is 10.6. The van der Waals surface area contributed by atoms with Crippen LogP contribution in [0.1, 0.15) is 17.7 Å². The molecule has 41 heavy (non-hydrogen) atoms. The zero-order valence-corrected chi connectivity index (χ0v) is 22.8. The zero-order chi connectivity index (χ0) is 28.1. The molecule has 1 N–H and O–H groups in total. The minimum Gasteiger partial charge on any atom is -0.316 e. The van der Waals surface area contributed by atoms with Gasteiger partial charge in [0.25, 0.3) is 11.8 Å². The van der Waals surface area contributed by atoms with Gasteiger partial charge in [0.1, 0.15) is 5.69 Å². The predicted octanol–water partition coefficient (Wildman–Crippen LogP) is 5.05. The number of imide groups is 1. The minimum absolute atomic E-state index is 0.308. The van der Waals surface area contributed by atoms with E-state index in [0.717, 1.165) is 51.4 Å². The van der Waals surface area contributed by atoms with Crippen molar-refractivity contribution < 1.29 is 9.59 Å². The van der Waals surface area contributed by atoms with Crippen LogP contribution in [0.3, 0.4) is 0 Å². The molecule has 0 aliphatic carbocycles. The molecule has 0 atom stereocenters. The van der Waals surface area contributed by atoms with E-state index in [1.165, 1.54) is 0 Å². The summed E-state index contributed by atoms with van der Waals surface area (Å²) in [6.45, 7) is 1.62. The summed E-state index contributed by atoms with van der Waals surface area (Å²) in [4.78, 5) is 33.5. The van der Waals surface area contributed by atoms with E-state index < -0.39 is 11.8 Å². The van der Waals surface area contributed by atoms with Crippen LogP contribution in [0.15, 0.2) is 91.3 Å². The number of nitrogens with zero attached hydrogens (tertiary/aromatic N) is 5. The number of pyridine rings is 1. The molecule has 3 aromatic heterocycles. The molecule has 1 aliphatic heterocycles. The van der Waals surface area contributed by atoms with Crippen molar-refractivity contribution in [3.8, 4) is 5.69 Å². The Hall–Kier alpha value is -5.08. The summed E-state index contributed by atoms with van der Waals surface area (Å²) in [6.07, 6.45) is 4.64. The van der Waals surface area contributed by atoms with Gasteiger partial charge in [-0.3, -0.25) is 24.6 Å². The van der Waals surface area contributed by atoms with Gasteiger partial charge in [-0.2, -0.15) is 5.10 Å². The average molecular weight is 541 g/mol. The molecule has 8 heteroatoms. The first-order valence-corrected chi connectivity index (χ1v) is 13.7. The summed E-state index contributed by atoms with van der Waals surface area (Å²) in [6, 6.07) is 25.9. The summed E-state index contributed by atoms with van der Waals surface area (Å²) in [5.74, 6) is -0.843. The second kappa shape index (κ2) is 9.83. The number of rotatable bonds is 7. The molecule has 202 valence electrons. The second-order valence-electron chi connectivity index (χ2n) is 10.6. The summed E-state index contributed by atoms with van der Waals surface area (Å²) in [5.41, 5.74) is 5.59. The van der Waals surface area contributed by atoms with Gasteiger partial charge in [0.2, 0.25) is 0 Å². The van der Waals surface area contributed by atoms with Crippen LogP contribution in [0.2, 0.25) is 0 Å². The van der Waals surface area contributed by atoms with Crippen LogP contribution < -0.4 is 5.32 Å². The third-order valence-corrected chi connectivity index (χ3v) is 7.65. The van der Waals surface area contributed by atoms with Crippen LogP contribution in [-0.4, -0.2) is 56.7 Å². The Bertz CT molecular complexity index is 2030. The Labute approximate surface area is 236 Å². The molecule has 0 spiro atoms. The lowest BCUT2D eigenvalue weighted by molar-refractivity contribution is -0.122. The molecule has 6 aromatic rings.